The minimum Gasteiger partial charge on any atom is -0.409 e. The van der Waals surface area contributed by atoms with Crippen LogP contribution in [0.4, 0.5) is 0 Å². The lowest BCUT2D eigenvalue weighted by atomic mass is 10.1. The summed E-state index contributed by atoms with van der Waals surface area (Å²) < 4.78 is 0. The monoisotopic (exact) mass is 199 g/mol. The lowest BCUT2D eigenvalue weighted by molar-refractivity contribution is 0.229. The Bertz CT molecular complexity index is 202. The van der Waals surface area contributed by atoms with Gasteiger partial charge in [0.15, 0.2) is 0 Å². The van der Waals surface area contributed by atoms with Crippen LogP contribution in [0.25, 0.3) is 0 Å². The Morgan fingerprint density at radius 1 is 1.64 bits per heavy atom. The van der Waals surface area contributed by atoms with Gasteiger partial charge in [0.25, 0.3) is 0 Å². The summed E-state index contributed by atoms with van der Waals surface area (Å²) in [5, 5.41) is 11.5. The number of nitrogens with zero attached hydrogens (tertiary/aromatic N) is 2. The van der Waals surface area contributed by atoms with Crippen LogP contribution in [-0.4, -0.2) is 35.6 Å². The Labute approximate surface area is 85.8 Å². The Kier molecular flexibility index (Phi) is 4.20. The molecule has 1 aliphatic carbocycles. The first kappa shape index (κ1) is 11.3. The van der Waals surface area contributed by atoms with Crippen molar-refractivity contribution in [1.82, 2.24) is 4.90 Å². The molecule has 4 heteroatoms. The van der Waals surface area contributed by atoms with E-state index in [9.17, 15) is 0 Å². The molecule has 14 heavy (non-hydrogen) atoms. The number of amidine groups is 1. The quantitative estimate of drug-likeness (QED) is 0.293. The number of hydrogen-bond acceptors (Lipinski definition) is 3. The van der Waals surface area contributed by atoms with E-state index in [1.807, 2.05) is 0 Å². The van der Waals surface area contributed by atoms with Crippen LogP contribution in [0.1, 0.15) is 32.6 Å². The van der Waals surface area contributed by atoms with Gasteiger partial charge in [0.2, 0.25) is 0 Å². The number of nitrogens with two attached hydrogens (primary N) is 1. The molecule has 4 nitrogen and oxygen atoms in total. The van der Waals surface area contributed by atoms with Gasteiger partial charge in [-0.05, 0) is 32.2 Å². The van der Waals surface area contributed by atoms with Crippen LogP contribution in [0.2, 0.25) is 0 Å². The van der Waals surface area contributed by atoms with Crippen LogP contribution in [0, 0.1) is 5.92 Å². The highest BCUT2D eigenvalue weighted by Gasteiger charge is 2.25. The SMILES string of the molecule is CCC(C/C(N)=N/O)N(C)CC1CC1. The summed E-state index contributed by atoms with van der Waals surface area (Å²) in [4.78, 5) is 2.33. The van der Waals surface area contributed by atoms with Crippen LogP contribution in [0.3, 0.4) is 0 Å². The van der Waals surface area contributed by atoms with E-state index in [1.165, 1.54) is 12.8 Å². The topological polar surface area (TPSA) is 61.9 Å². The maximum absolute atomic E-state index is 8.50. The van der Waals surface area contributed by atoms with E-state index in [4.69, 9.17) is 10.9 Å². The smallest absolute Gasteiger partial charge is 0.140 e. The maximum Gasteiger partial charge on any atom is 0.140 e. The highest BCUT2D eigenvalue weighted by atomic mass is 16.4. The normalized spacial score (nSPS) is 20.1. The van der Waals surface area contributed by atoms with Crippen LogP contribution >= 0.6 is 0 Å². The van der Waals surface area contributed by atoms with Crippen molar-refractivity contribution in [1.29, 1.82) is 0 Å². The summed E-state index contributed by atoms with van der Waals surface area (Å²) in [6.45, 7) is 3.29. The van der Waals surface area contributed by atoms with E-state index in [1.54, 1.807) is 0 Å². The lowest BCUT2D eigenvalue weighted by Crippen LogP contribution is -2.36. The van der Waals surface area contributed by atoms with Crippen molar-refractivity contribution in [2.75, 3.05) is 13.6 Å². The first-order valence-electron chi connectivity index (χ1n) is 5.34. The Morgan fingerprint density at radius 3 is 2.71 bits per heavy atom. The van der Waals surface area contributed by atoms with Gasteiger partial charge in [-0.1, -0.05) is 12.1 Å². The summed E-state index contributed by atoms with van der Waals surface area (Å²) in [5.74, 6) is 1.22. The zero-order chi connectivity index (χ0) is 10.6. The molecular weight excluding hydrogens is 178 g/mol. The fourth-order valence-corrected chi connectivity index (χ4v) is 1.75. The van der Waals surface area contributed by atoms with Crippen molar-refractivity contribution >= 4 is 5.84 Å². The highest BCUT2D eigenvalue weighted by Crippen LogP contribution is 2.30. The molecule has 1 rings (SSSR count). The van der Waals surface area contributed by atoms with Crippen molar-refractivity contribution in [3.05, 3.63) is 0 Å². The highest BCUT2D eigenvalue weighted by molar-refractivity contribution is 5.80. The van der Waals surface area contributed by atoms with Gasteiger partial charge < -0.3 is 15.8 Å². The molecule has 0 heterocycles. The third-order valence-corrected chi connectivity index (χ3v) is 2.91. The molecule has 0 aromatic rings. The summed E-state index contributed by atoms with van der Waals surface area (Å²) in [6.07, 6.45) is 4.43. The van der Waals surface area contributed by atoms with Crippen molar-refractivity contribution in [2.45, 2.75) is 38.6 Å². The molecule has 0 aromatic carbocycles. The molecule has 0 spiro atoms. The molecule has 0 aliphatic heterocycles. The van der Waals surface area contributed by atoms with Crippen molar-refractivity contribution < 1.29 is 5.21 Å². The van der Waals surface area contributed by atoms with Gasteiger partial charge >= 0.3 is 0 Å². The van der Waals surface area contributed by atoms with E-state index in [0.29, 0.717) is 18.3 Å². The van der Waals surface area contributed by atoms with Gasteiger partial charge in [-0.2, -0.15) is 0 Å². The second kappa shape index (κ2) is 5.20. The van der Waals surface area contributed by atoms with E-state index >= 15 is 0 Å². The minimum atomic E-state index is 0.333. The van der Waals surface area contributed by atoms with Crippen LogP contribution in [0.15, 0.2) is 5.16 Å². The second-order valence-electron chi connectivity index (χ2n) is 4.24. The van der Waals surface area contributed by atoms with Gasteiger partial charge in [-0.25, -0.2) is 0 Å². The molecule has 0 amide bonds. The van der Waals surface area contributed by atoms with Crippen LogP contribution in [0.5, 0.6) is 0 Å². The zero-order valence-corrected chi connectivity index (χ0v) is 9.11. The number of rotatable bonds is 6. The van der Waals surface area contributed by atoms with Gasteiger partial charge in [0, 0.05) is 19.0 Å². The standard InChI is InChI=1S/C10H21N3O/c1-3-9(6-10(11)12-14)13(2)7-8-4-5-8/h8-9,14H,3-7H2,1-2H3,(H2,11,12). The van der Waals surface area contributed by atoms with Gasteiger partial charge in [0.05, 0.1) is 0 Å². The molecule has 1 atom stereocenters. The Hall–Kier alpha value is -0.770. The maximum atomic E-state index is 8.50. The molecule has 0 aromatic heterocycles. The molecule has 1 saturated carbocycles. The average molecular weight is 199 g/mol. The molecule has 1 fully saturated rings. The van der Waals surface area contributed by atoms with Crippen molar-refractivity contribution in [2.24, 2.45) is 16.8 Å². The Morgan fingerprint density at radius 2 is 2.29 bits per heavy atom. The number of oxime groups is 1. The molecule has 1 unspecified atom stereocenters. The summed E-state index contributed by atoms with van der Waals surface area (Å²) in [7, 11) is 2.12. The molecule has 82 valence electrons. The molecule has 3 N–H and O–H groups in total. The second-order valence-corrected chi connectivity index (χ2v) is 4.24. The third kappa shape index (κ3) is 3.54. The Balaban J connectivity index is 2.34. The molecule has 0 radical (unpaired) electrons. The summed E-state index contributed by atoms with van der Waals surface area (Å²) >= 11 is 0. The minimum absolute atomic E-state index is 0.333. The predicted octanol–water partition coefficient (Wildman–Crippen LogP) is 1.24. The lowest BCUT2D eigenvalue weighted by Gasteiger charge is -2.26. The van der Waals surface area contributed by atoms with Gasteiger partial charge in [0.1, 0.15) is 5.84 Å². The fourth-order valence-electron chi connectivity index (χ4n) is 1.75. The molecule has 1 aliphatic rings. The summed E-state index contributed by atoms with van der Waals surface area (Å²) in [5.41, 5.74) is 5.51. The zero-order valence-electron chi connectivity index (χ0n) is 9.11. The van der Waals surface area contributed by atoms with Gasteiger partial charge in [-0.3, -0.25) is 0 Å². The van der Waals surface area contributed by atoms with Gasteiger partial charge in [-0.15, -0.1) is 0 Å². The summed E-state index contributed by atoms with van der Waals surface area (Å²) in [6, 6.07) is 0.409. The van der Waals surface area contributed by atoms with Crippen molar-refractivity contribution in [3.8, 4) is 0 Å². The van der Waals surface area contributed by atoms with Crippen LogP contribution in [-0.2, 0) is 0 Å². The predicted molar refractivity (Wildman–Crippen MR) is 57.5 cm³/mol. The molecule has 0 saturated heterocycles. The molecule has 0 bridgehead atoms. The largest absolute Gasteiger partial charge is 0.409 e. The fraction of sp³-hybridized carbons (Fsp3) is 0.900. The average Bonchev–Trinajstić information content (AvgIpc) is 2.97. The van der Waals surface area contributed by atoms with E-state index in [0.717, 1.165) is 18.9 Å². The third-order valence-electron chi connectivity index (χ3n) is 2.91. The van der Waals surface area contributed by atoms with E-state index < -0.39 is 0 Å². The molecular formula is C10H21N3O. The number of hydrogen-bond donors (Lipinski definition) is 2. The first-order chi connectivity index (χ1) is 6.67. The first-order valence-corrected chi connectivity index (χ1v) is 5.34. The van der Waals surface area contributed by atoms with Crippen molar-refractivity contribution in [3.63, 3.8) is 0 Å². The van der Waals surface area contributed by atoms with Crippen LogP contribution < -0.4 is 5.73 Å². The van der Waals surface area contributed by atoms with E-state index in [-0.39, 0.29) is 0 Å². The van der Waals surface area contributed by atoms with E-state index in [2.05, 4.69) is 24.0 Å².